The molecule has 9 heteroatoms. The van der Waals surface area contributed by atoms with Crippen molar-refractivity contribution in [3.05, 3.63) is 65.4 Å². The molecule has 0 radical (unpaired) electrons. The fourth-order valence-corrected chi connectivity index (χ4v) is 3.33. The Morgan fingerprint density at radius 1 is 1.06 bits per heavy atom. The van der Waals surface area contributed by atoms with Gasteiger partial charge in [-0.2, -0.15) is 0 Å². The lowest BCUT2D eigenvalue weighted by Gasteiger charge is -2.20. The largest absolute Gasteiger partial charge is 0.467 e. The van der Waals surface area contributed by atoms with Crippen molar-refractivity contribution in [2.24, 2.45) is 5.92 Å². The van der Waals surface area contributed by atoms with Crippen molar-refractivity contribution < 1.29 is 28.0 Å². The summed E-state index contributed by atoms with van der Waals surface area (Å²) in [5.41, 5.74) is 0.641. The first-order valence-corrected chi connectivity index (χ1v) is 10.1. The van der Waals surface area contributed by atoms with Gasteiger partial charge in [0, 0.05) is 18.2 Å². The Labute approximate surface area is 177 Å². The summed E-state index contributed by atoms with van der Waals surface area (Å²) in [5.74, 6) is 2.20. The van der Waals surface area contributed by atoms with Crippen molar-refractivity contribution >= 4 is 11.8 Å². The molecule has 2 aromatic heterocycles. The summed E-state index contributed by atoms with van der Waals surface area (Å²) in [5, 5.41) is 6.71. The van der Waals surface area contributed by atoms with Crippen molar-refractivity contribution in [2.75, 3.05) is 13.3 Å². The first kappa shape index (κ1) is 19.2. The van der Waals surface area contributed by atoms with Crippen LogP contribution in [0.5, 0.6) is 11.5 Å². The molecular formula is C22H21N3O6. The Hall–Kier alpha value is -3.75. The number of benzene rings is 1. The third kappa shape index (κ3) is 4.40. The molecule has 3 heterocycles. The average molecular weight is 423 g/mol. The Bertz CT molecular complexity index is 1090. The van der Waals surface area contributed by atoms with Crippen LogP contribution in [0.2, 0.25) is 0 Å². The number of furan rings is 1. The molecule has 0 unspecified atom stereocenters. The number of carbonyl (C=O) groups excluding carboxylic acids is 2. The predicted molar refractivity (Wildman–Crippen MR) is 106 cm³/mol. The fourth-order valence-electron chi connectivity index (χ4n) is 3.33. The Balaban J connectivity index is 1.32. The van der Waals surface area contributed by atoms with Gasteiger partial charge in [-0.05, 0) is 49.1 Å². The van der Waals surface area contributed by atoms with Crippen LogP contribution >= 0.6 is 0 Å². The van der Waals surface area contributed by atoms with Gasteiger partial charge in [0.2, 0.25) is 6.79 Å². The number of nitrogens with one attached hydrogen (secondary N) is 1. The lowest BCUT2D eigenvalue weighted by atomic mass is 10.1. The van der Waals surface area contributed by atoms with E-state index in [4.69, 9.17) is 18.4 Å². The summed E-state index contributed by atoms with van der Waals surface area (Å²) in [6.45, 7) is 1.13. The summed E-state index contributed by atoms with van der Waals surface area (Å²) in [4.78, 5) is 27.0. The average Bonchev–Trinajstić information content (AvgIpc) is 3.18. The molecule has 0 bridgehead atoms. The first-order valence-electron chi connectivity index (χ1n) is 10.1. The number of hydrogen-bond acceptors (Lipinski definition) is 7. The highest BCUT2D eigenvalue weighted by molar-refractivity contribution is 5.95. The molecule has 2 amide bonds. The summed E-state index contributed by atoms with van der Waals surface area (Å²) >= 11 is 0. The molecule has 160 valence electrons. The molecule has 31 heavy (non-hydrogen) atoms. The van der Waals surface area contributed by atoms with Crippen molar-refractivity contribution in [3.63, 3.8) is 0 Å². The molecular weight excluding hydrogens is 402 g/mol. The van der Waals surface area contributed by atoms with Crippen molar-refractivity contribution in [3.8, 4) is 11.5 Å². The van der Waals surface area contributed by atoms with Crippen LogP contribution in [-0.4, -0.2) is 35.2 Å². The van der Waals surface area contributed by atoms with Crippen LogP contribution in [0.25, 0.3) is 0 Å². The van der Waals surface area contributed by atoms with Gasteiger partial charge >= 0.3 is 0 Å². The standard InChI is InChI=1S/C22H21N3O6/c26-21(23-10-14-3-4-14)18-9-17(31-24-18)12-25(11-16-2-1-7-28-16)22(27)15-5-6-19-20(8-15)30-13-29-19/h1-2,5-9,14H,3-4,10-13H2,(H,23,26). The van der Waals surface area contributed by atoms with E-state index in [1.165, 1.54) is 0 Å². The highest BCUT2D eigenvalue weighted by atomic mass is 16.7. The zero-order valence-corrected chi connectivity index (χ0v) is 16.7. The lowest BCUT2D eigenvalue weighted by Crippen LogP contribution is -2.30. The minimum absolute atomic E-state index is 0.122. The predicted octanol–water partition coefficient (Wildman–Crippen LogP) is 2.98. The van der Waals surface area contributed by atoms with Crippen LogP contribution in [0.1, 0.15) is 45.2 Å². The normalized spacial score (nSPS) is 14.5. The highest BCUT2D eigenvalue weighted by Gasteiger charge is 2.25. The monoisotopic (exact) mass is 423 g/mol. The minimum atomic E-state index is -0.276. The van der Waals surface area contributed by atoms with E-state index in [0.717, 1.165) is 12.8 Å². The molecule has 0 spiro atoms. The van der Waals surface area contributed by atoms with Gasteiger partial charge in [-0.15, -0.1) is 0 Å². The Kier molecular flexibility index (Phi) is 5.07. The maximum atomic E-state index is 13.2. The second-order valence-corrected chi connectivity index (χ2v) is 7.64. The number of nitrogens with zero attached hydrogens (tertiary/aromatic N) is 2. The van der Waals surface area contributed by atoms with Crippen LogP contribution in [0.4, 0.5) is 0 Å². The van der Waals surface area contributed by atoms with Crippen LogP contribution < -0.4 is 14.8 Å². The summed E-state index contributed by atoms with van der Waals surface area (Å²) in [7, 11) is 0. The molecule has 1 aliphatic heterocycles. The van der Waals surface area contributed by atoms with E-state index in [1.807, 2.05) is 0 Å². The molecule has 5 rings (SSSR count). The van der Waals surface area contributed by atoms with E-state index in [-0.39, 0.29) is 37.4 Å². The number of hydrogen-bond donors (Lipinski definition) is 1. The summed E-state index contributed by atoms with van der Waals surface area (Å²) in [6, 6.07) is 10.1. The van der Waals surface area contributed by atoms with Crippen LogP contribution in [0.15, 0.2) is 51.6 Å². The van der Waals surface area contributed by atoms with Crippen LogP contribution in [-0.2, 0) is 13.1 Å². The first-order chi connectivity index (χ1) is 15.2. The third-order valence-corrected chi connectivity index (χ3v) is 5.22. The summed E-state index contributed by atoms with van der Waals surface area (Å²) < 4.78 is 21.5. The molecule has 2 aliphatic rings. The van der Waals surface area contributed by atoms with Gasteiger partial charge < -0.3 is 28.6 Å². The van der Waals surface area contributed by atoms with Crippen LogP contribution in [0, 0.1) is 5.92 Å². The topological polar surface area (TPSA) is 107 Å². The number of carbonyl (C=O) groups is 2. The van der Waals surface area contributed by atoms with Gasteiger partial charge in [0.1, 0.15) is 5.76 Å². The maximum Gasteiger partial charge on any atom is 0.273 e. The molecule has 1 fully saturated rings. The molecule has 0 saturated heterocycles. The van der Waals surface area contributed by atoms with Gasteiger partial charge in [-0.1, -0.05) is 5.16 Å². The van der Waals surface area contributed by atoms with E-state index in [0.29, 0.717) is 41.0 Å². The van der Waals surface area contributed by atoms with Gasteiger partial charge in [-0.25, -0.2) is 0 Å². The molecule has 9 nitrogen and oxygen atoms in total. The van der Waals surface area contributed by atoms with Gasteiger partial charge in [0.05, 0.1) is 19.4 Å². The van der Waals surface area contributed by atoms with Gasteiger partial charge in [0.15, 0.2) is 23.0 Å². The number of aromatic nitrogens is 1. The fraction of sp³-hybridized carbons (Fsp3) is 0.318. The lowest BCUT2D eigenvalue weighted by molar-refractivity contribution is 0.0699. The second kappa shape index (κ2) is 8.17. The summed E-state index contributed by atoms with van der Waals surface area (Å²) in [6.07, 6.45) is 3.84. The number of rotatable bonds is 8. The number of fused-ring (bicyclic) bond motifs is 1. The van der Waals surface area contributed by atoms with E-state index in [1.54, 1.807) is 47.6 Å². The quantitative estimate of drug-likeness (QED) is 0.593. The molecule has 3 aromatic rings. The van der Waals surface area contributed by atoms with E-state index >= 15 is 0 Å². The number of ether oxygens (including phenoxy) is 2. The van der Waals surface area contributed by atoms with Crippen molar-refractivity contribution in [1.29, 1.82) is 0 Å². The Morgan fingerprint density at radius 3 is 2.71 bits per heavy atom. The number of amides is 2. The Morgan fingerprint density at radius 2 is 1.90 bits per heavy atom. The van der Waals surface area contributed by atoms with E-state index in [9.17, 15) is 9.59 Å². The van der Waals surface area contributed by atoms with Crippen LogP contribution in [0.3, 0.4) is 0 Å². The molecule has 1 aliphatic carbocycles. The van der Waals surface area contributed by atoms with E-state index < -0.39 is 0 Å². The molecule has 1 N–H and O–H groups in total. The van der Waals surface area contributed by atoms with Crippen molar-refractivity contribution in [2.45, 2.75) is 25.9 Å². The second-order valence-electron chi connectivity index (χ2n) is 7.64. The zero-order valence-electron chi connectivity index (χ0n) is 16.7. The van der Waals surface area contributed by atoms with Crippen molar-refractivity contribution in [1.82, 2.24) is 15.4 Å². The highest BCUT2D eigenvalue weighted by Crippen LogP contribution is 2.33. The van der Waals surface area contributed by atoms with Gasteiger partial charge in [-0.3, -0.25) is 9.59 Å². The van der Waals surface area contributed by atoms with E-state index in [2.05, 4.69) is 10.5 Å². The third-order valence-electron chi connectivity index (χ3n) is 5.22. The SMILES string of the molecule is O=C(NCC1CC1)c1cc(CN(Cc2ccco2)C(=O)c2ccc3c(c2)OCO3)on1. The smallest absolute Gasteiger partial charge is 0.273 e. The molecule has 1 aromatic carbocycles. The zero-order chi connectivity index (χ0) is 21.2. The molecule has 1 saturated carbocycles. The minimum Gasteiger partial charge on any atom is -0.467 e. The maximum absolute atomic E-state index is 13.2. The van der Waals surface area contributed by atoms with Gasteiger partial charge in [0.25, 0.3) is 11.8 Å². The molecule has 0 atom stereocenters.